The predicted octanol–water partition coefficient (Wildman–Crippen LogP) is 1.45. The second-order valence-corrected chi connectivity index (χ2v) is 4.55. The molecular formula is C11H15F3N2O. The Balaban J connectivity index is 2.12. The molecule has 1 aliphatic carbocycles. The van der Waals surface area contributed by atoms with Crippen molar-refractivity contribution in [3.05, 3.63) is 23.6 Å². The zero-order valence-electron chi connectivity index (χ0n) is 9.20. The highest BCUT2D eigenvalue weighted by molar-refractivity contribution is 5.26. The lowest BCUT2D eigenvalue weighted by atomic mass is 9.85. The van der Waals surface area contributed by atoms with Gasteiger partial charge in [-0.2, -0.15) is 0 Å². The molecule has 6 heteroatoms. The molecule has 4 N–H and O–H groups in total. The Hall–Kier alpha value is -0.850. The Morgan fingerprint density at radius 3 is 2.59 bits per heavy atom. The Morgan fingerprint density at radius 2 is 1.94 bits per heavy atom. The molecule has 1 heterocycles. The van der Waals surface area contributed by atoms with E-state index >= 15 is 0 Å². The molecule has 2 rings (SSSR count). The van der Waals surface area contributed by atoms with Crippen LogP contribution in [0.4, 0.5) is 13.2 Å². The molecule has 3 nitrogen and oxygen atoms in total. The summed E-state index contributed by atoms with van der Waals surface area (Å²) in [6.07, 6.45) is 0.0583. The van der Waals surface area contributed by atoms with Crippen molar-refractivity contribution >= 4 is 0 Å². The fourth-order valence-electron chi connectivity index (χ4n) is 2.29. The summed E-state index contributed by atoms with van der Waals surface area (Å²) < 4.78 is 44.9. The van der Waals surface area contributed by atoms with Crippen molar-refractivity contribution in [1.29, 1.82) is 0 Å². The first kappa shape index (κ1) is 12.6. The molecule has 96 valence electrons. The van der Waals surface area contributed by atoms with Crippen LogP contribution < -0.4 is 11.5 Å². The van der Waals surface area contributed by atoms with Crippen molar-refractivity contribution < 1.29 is 17.9 Å². The van der Waals surface area contributed by atoms with Crippen LogP contribution >= 0.6 is 0 Å². The molecule has 0 spiro atoms. The highest BCUT2D eigenvalue weighted by Crippen LogP contribution is 2.36. The van der Waals surface area contributed by atoms with Crippen LogP contribution in [0.15, 0.2) is 23.6 Å². The molecule has 3 unspecified atom stereocenters. The summed E-state index contributed by atoms with van der Waals surface area (Å²) in [7, 11) is 0. The van der Waals surface area contributed by atoms with Crippen LogP contribution in [-0.4, -0.2) is 24.8 Å². The van der Waals surface area contributed by atoms with Gasteiger partial charge in [0.05, 0.1) is 12.7 Å². The molecule has 17 heavy (non-hydrogen) atoms. The summed E-state index contributed by atoms with van der Waals surface area (Å²) in [6.45, 7) is 0.260. The summed E-state index contributed by atoms with van der Waals surface area (Å²) >= 11 is 0. The third-order valence-corrected chi connectivity index (χ3v) is 3.17. The molecule has 0 aromatic heterocycles. The number of hydrogen-bond acceptors (Lipinski definition) is 3. The molecule has 0 bridgehead atoms. The van der Waals surface area contributed by atoms with E-state index in [9.17, 15) is 13.2 Å². The average molecular weight is 248 g/mol. The first-order valence-electron chi connectivity index (χ1n) is 5.53. The third-order valence-electron chi connectivity index (χ3n) is 3.17. The average Bonchev–Trinajstić information content (AvgIpc) is 2.24. The van der Waals surface area contributed by atoms with Crippen LogP contribution in [0.1, 0.15) is 12.8 Å². The normalized spacial score (nSPS) is 39.2. The van der Waals surface area contributed by atoms with Gasteiger partial charge >= 0.3 is 0 Å². The molecule has 1 saturated heterocycles. The van der Waals surface area contributed by atoms with Crippen molar-refractivity contribution in [3.63, 3.8) is 0 Å². The van der Waals surface area contributed by atoms with E-state index in [4.69, 9.17) is 16.2 Å². The maximum Gasteiger partial charge on any atom is 0.157 e. The number of rotatable bonds is 1. The van der Waals surface area contributed by atoms with E-state index in [2.05, 4.69) is 0 Å². The maximum atomic E-state index is 13.6. The van der Waals surface area contributed by atoms with Crippen molar-refractivity contribution in [3.8, 4) is 0 Å². The minimum atomic E-state index is -1.15. The summed E-state index contributed by atoms with van der Waals surface area (Å²) in [6, 6.07) is -0.647. The number of ether oxygens (including phenoxy) is 1. The van der Waals surface area contributed by atoms with Gasteiger partial charge in [-0.25, -0.2) is 13.2 Å². The fourth-order valence-corrected chi connectivity index (χ4v) is 2.29. The van der Waals surface area contributed by atoms with Gasteiger partial charge in [-0.05, 0) is 6.42 Å². The van der Waals surface area contributed by atoms with Gasteiger partial charge in [-0.1, -0.05) is 0 Å². The van der Waals surface area contributed by atoms with E-state index in [1.807, 2.05) is 0 Å². The number of halogens is 3. The van der Waals surface area contributed by atoms with Crippen LogP contribution in [0, 0.1) is 5.92 Å². The van der Waals surface area contributed by atoms with Gasteiger partial charge in [0.2, 0.25) is 0 Å². The molecule has 0 aromatic carbocycles. The Morgan fingerprint density at radius 1 is 1.24 bits per heavy atom. The Kier molecular flexibility index (Phi) is 3.56. The fraction of sp³-hybridized carbons (Fsp3) is 0.636. The van der Waals surface area contributed by atoms with Crippen LogP contribution in [0.25, 0.3) is 0 Å². The van der Waals surface area contributed by atoms with E-state index in [0.29, 0.717) is 12.5 Å². The molecule has 0 radical (unpaired) electrons. The summed E-state index contributed by atoms with van der Waals surface area (Å²) in [5.41, 5.74) is 11.5. The highest BCUT2D eigenvalue weighted by Gasteiger charge is 2.38. The Labute approximate surface area is 97.3 Å². The molecule has 1 aliphatic heterocycles. The van der Waals surface area contributed by atoms with Crippen LogP contribution in [0.3, 0.4) is 0 Å². The lowest BCUT2D eigenvalue weighted by Gasteiger charge is -2.37. The minimum absolute atomic E-state index is 0.186. The van der Waals surface area contributed by atoms with Gasteiger partial charge in [0.1, 0.15) is 11.7 Å². The number of hydrogen-bond donors (Lipinski definition) is 2. The molecule has 1 fully saturated rings. The predicted molar refractivity (Wildman–Crippen MR) is 56.8 cm³/mol. The lowest BCUT2D eigenvalue weighted by molar-refractivity contribution is -0.0402. The second-order valence-electron chi connectivity index (χ2n) is 4.55. The van der Waals surface area contributed by atoms with E-state index < -0.39 is 35.5 Å². The molecule has 2 aliphatic rings. The molecule has 0 saturated carbocycles. The van der Waals surface area contributed by atoms with E-state index in [1.165, 1.54) is 0 Å². The van der Waals surface area contributed by atoms with Crippen LogP contribution in [0.5, 0.6) is 0 Å². The monoisotopic (exact) mass is 248 g/mol. The van der Waals surface area contributed by atoms with Gasteiger partial charge < -0.3 is 16.2 Å². The molecule has 0 amide bonds. The highest BCUT2D eigenvalue weighted by atomic mass is 19.2. The largest absolute Gasteiger partial charge is 0.374 e. The van der Waals surface area contributed by atoms with Gasteiger partial charge in [0.15, 0.2) is 5.83 Å². The summed E-state index contributed by atoms with van der Waals surface area (Å²) in [5.74, 6) is -3.68. The van der Waals surface area contributed by atoms with Crippen molar-refractivity contribution in [2.24, 2.45) is 17.4 Å². The Bertz CT molecular complexity index is 370. The zero-order valence-corrected chi connectivity index (χ0v) is 9.20. The first-order valence-corrected chi connectivity index (χ1v) is 5.53. The van der Waals surface area contributed by atoms with Crippen molar-refractivity contribution in [1.82, 2.24) is 0 Å². The zero-order chi connectivity index (χ0) is 12.6. The first-order chi connectivity index (χ1) is 7.99. The van der Waals surface area contributed by atoms with E-state index in [1.54, 1.807) is 0 Å². The smallest absolute Gasteiger partial charge is 0.157 e. The molecular weight excluding hydrogens is 233 g/mol. The van der Waals surface area contributed by atoms with E-state index in [0.717, 1.165) is 0 Å². The van der Waals surface area contributed by atoms with Crippen molar-refractivity contribution in [2.75, 3.05) is 6.61 Å². The molecule has 0 aromatic rings. The molecule has 4 atom stereocenters. The van der Waals surface area contributed by atoms with Gasteiger partial charge in [-0.3, -0.25) is 0 Å². The van der Waals surface area contributed by atoms with Crippen LogP contribution in [0.2, 0.25) is 0 Å². The summed E-state index contributed by atoms with van der Waals surface area (Å²) in [4.78, 5) is 0. The van der Waals surface area contributed by atoms with Crippen LogP contribution in [-0.2, 0) is 4.74 Å². The van der Waals surface area contributed by atoms with Crippen molar-refractivity contribution in [2.45, 2.75) is 31.0 Å². The van der Waals surface area contributed by atoms with E-state index in [-0.39, 0.29) is 19.1 Å². The topological polar surface area (TPSA) is 61.3 Å². The quantitative estimate of drug-likeness (QED) is 0.738. The number of nitrogens with two attached hydrogens (primary N) is 2. The standard InChI is InChI=1S/C11H15F3N2O/c12-7-3-9(14)8(13)2-6(7)11-10(16)1-5(15)4-17-11/h3,5-6,10-11H,1-2,4,15-16H2/t5?,6?,10?,11-/m1/s1. The third kappa shape index (κ3) is 2.53. The van der Waals surface area contributed by atoms with Gasteiger partial charge in [-0.15, -0.1) is 0 Å². The number of allylic oxidation sites excluding steroid dienone is 3. The maximum absolute atomic E-state index is 13.6. The minimum Gasteiger partial charge on any atom is -0.374 e. The van der Waals surface area contributed by atoms with Gasteiger partial charge in [0.25, 0.3) is 0 Å². The van der Waals surface area contributed by atoms with Gasteiger partial charge in [0, 0.05) is 30.5 Å². The second kappa shape index (κ2) is 4.80. The summed E-state index contributed by atoms with van der Waals surface area (Å²) in [5, 5.41) is 0. The SMILES string of the molecule is NC1CO[C@H](C2CC(F)=C(F)C=C2F)C(N)C1. The lowest BCUT2D eigenvalue weighted by Crippen LogP contribution is -2.52.